The van der Waals surface area contributed by atoms with Gasteiger partial charge in [0.1, 0.15) is 0 Å². The molecule has 13 heavy (non-hydrogen) atoms. The van der Waals surface area contributed by atoms with Crippen molar-refractivity contribution < 1.29 is 0 Å². The monoisotopic (exact) mass is 180 g/mol. The van der Waals surface area contributed by atoms with Crippen molar-refractivity contribution in [2.75, 3.05) is 0 Å². The Balaban J connectivity index is 1.85. The van der Waals surface area contributed by atoms with Crippen LogP contribution in [-0.2, 0) is 0 Å². The van der Waals surface area contributed by atoms with Gasteiger partial charge in [-0.2, -0.15) is 0 Å². The second kappa shape index (κ2) is 3.63. The van der Waals surface area contributed by atoms with E-state index in [1.807, 2.05) is 0 Å². The molecule has 0 aliphatic heterocycles. The van der Waals surface area contributed by atoms with Crippen LogP contribution in [0.5, 0.6) is 0 Å². The molecule has 0 heterocycles. The van der Waals surface area contributed by atoms with Crippen molar-refractivity contribution >= 4 is 0 Å². The van der Waals surface area contributed by atoms with Gasteiger partial charge in [0.2, 0.25) is 0 Å². The van der Waals surface area contributed by atoms with E-state index >= 15 is 0 Å². The maximum absolute atomic E-state index is 2.46. The normalized spacial score (nSPS) is 45.5. The molecular weight excluding hydrogens is 156 g/mol. The molecule has 0 aromatic rings. The highest BCUT2D eigenvalue weighted by Gasteiger charge is 2.43. The highest BCUT2D eigenvalue weighted by atomic mass is 14.5. The summed E-state index contributed by atoms with van der Waals surface area (Å²) in [5.41, 5.74) is 0. The molecule has 0 spiro atoms. The molecule has 5 atom stereocenters. The summed E-state index contributed by atoms with van der Waals surface area (Å²) in [6, 6.07) is 0. The molecule has 0 aromatic carbocycles. The van der Waals surface area contributed by atoms with Crippen LogP contribution in [0.2, 0.25) is 0 Å². The first-order chi connectivity index (χ1) is 6.20. The first-order valence-electron chi connectivity index (χ1n) is 6.20. The van der Waals surface area contributed by atoms with Crippen molar-refractivity contribution in [3.05, 3.63) is 0 Å². The Bertz CT molecular complexity index is 171. The van der Waals surface area contributed by atoms with Gasteiger partial charge in [-0.15, -0.1) is 0 Å². The van der Waals surface area contributed by atoms with Gasteiger partial charge in [-0.05, 0) is 55.3 Å². The zero-order valence-electron chi connectivity index (χ0n) is 9.42. The fraction of sp³-hybridized carbons (Fsp3) is 1.00. The number of hydrogen-bond donors (Lipinski definition) is 0. The lowest BCUT2D eigenvalue weighted by molar-refractivity contribution is 0.233. The van der Waals surface area contributed by atoms with Crippen LogP contribution in [0, 0.1) is 29.6 Å². The summed E-state index contributed by atoms with van der Waals surface area (Å²) in [4.78, 5) is 0. The lowest BCUT2D eigenvalue weighted by Crippen LogP contribution is -2.17. The predicted molar refractivity (Wildman–Crippen MR) is 57.6 cm³/mol. The van der Waals surface area contributed by atoms with E-state index in [4.69, 9.17) is 0 Å². The second-order valence-corrected chi connectivity index (χ2v) is 5.71. The Morgan fingerprint density at radius 1 is 1.15 bits per heavy atom. The smallest absolute Gasteiger partial charge is 0.0380 e. The van der Waals surface area contributed by atoms with Crippen LogP contribution in [0.15, 0.2) is 0 Å². The third-order valence-corrected chi connectivity index (χ3v) is 4.76. The van der Waals surface area contributed by atoms with E-state index in [9.17, 15) is 0 Å². The van der Waals surface area contributed by atoms with Crippen molar-refractivity contribution in [3.63, 3.8) is 0 Å². The molecule has 0 saturated heterocycles. The molecule has 0 amide bonds. The summed E-state index contributed by atoms with van der Waals surface area (Å²) in [6.07, 6.45) is 7.58. The Morgan fingerprint density at radius 3 is 2.38 bits per heavy atom. The minimum Gasteiger partial charge on any atom is -0.0651 e. The molecule has 0 N–H and O–H groups in total. The lowest BCUT2D eigenvalue weighted by atomic mass is 9.78. The molecule has 2 bridgehead atoms. The van der Waals surface area contributed by atoms with E-state index in [-0.39, 0.29) is 0 Å². The fourth-order valence-corrected chi connectivity index (χ4v) is 3.65. The van der Waals surface area contributed by atoms with Crippen LogP contribution >= 0.6 is 0 Å². The highest BCUT2D eigenvalue weighted by molar-refractivity contribution is 4.93. The molecule has 76 valence electrons. The van der Waals surface area contributed by atoms with Crippen LogP contribution in [0.1, 0.15) is 52.9 Å². The van der Waals surface area contributed by atoms with Crippen LogP contribution in [0.4, 0.5) is 0 Å². The molecule has 0 radical (unpaired) electrons. The van der Waals surface area contributed by atoms with Crippen molar-refractivity contribution in [2.45, 2.75) is 52.9 Å². The molecule has 0 aromatic heterocycles. The van der Waals surface area contributed by atoms with E-state index < -0.39 is 0 Å². The number of fused-ring (bicyclic) bond motifs is 2. The van der Waals surface area contributed by atoms with Gasteiger partial charge in [0.05, 0.1) is 0 Å². The van der Waals surface area contributed by atoms with E-state index in [1.165, 1.54) is 12.8 Å². The first-order valence-corrected chi connectivity index (χ1v) is 6.20. The molecule has 0 heteroatoms. The number of rotatable bonds is 3. The Labute approximate surface area is 83.1 Å². The van der Waals surface area contributed by atoms with Gasteiger partial charge in [-0.1, -0.05) is 27.2 Å². The molecule has 2 fully saturated rings. The second-order valence-electron chi connectivity index (χ2n) is 5.71. The van der Waals surface area contributed by atoms with E-state index in [0.29, 0.717) is 0 Å². The summed E-state index contributed by atoms with van der Waals surface area (Å²) in [5.74, 6) is 5.36. The molecule has 2 rings (SSSR count). The van der Waals surface area contributed by atoms with Crippen molar-refractivity contribution in [1.29, 1.82) is 0 Å². The Morgan fingerprint density at radius 2 is 1.92 bits per heavy atom. The summed E-state index contributed by atoms with van der Waals surface area (Å²) >= 11 is 0. The average molecular weight is 180 g/mol. The van der Waals surface area contributed by atoms with Gasteiger partial charge in [0.15, 0.2) is 0 Å². The largest absolute Gasteiger partial charge is 0.0651 e. The minimum absolute atomic E-state index is 0.972. The molecular formula is C13H24. The fourth-order valence-electron chi connectivity index (χ4n) is 3.65. The van der Waals surface area contributed by atoms with E-state index in [0.717, 1.165) is 29.6 Å². The zero-order chi connectivity index (χ0) is 9.42. The zero-order valence-corrected chi connectivity index (χ0v) is 9.42. The summed E-state index contributed by atoms with van der Waals surface area (Å²) in [6.45, 7) is 7.22. The molecule has 2 aliphatic rings. The van der Waals surface area contributed by atoms with Crippen molar-refractivity contribution in [3.8, 4) is 0 Å². The van der Waals surface area contributed by atoms with Crippen LogP contribution in [-0.4, -0.2) is 0 Å². The third kappa shape index (κ3) is 1.78. The van der Waals surface area contributed by atoms with Gasteiger partial charge in [0.25, 0.3) is 0 Å². The summed E-state index contributed by atoms with van der Waals surface area (Å²) < 4.78 is 0. The SMILES string of the molecule is CCC(C)CC1CC2CC1CC2C. The predicted octanol–water partition coefficient (Wildman–Crippen LogP) is 4.10. The van der Waals surface area contributed by atoms with Gasteiger partial charge in [-0.3, -0.25) is 0 Å². The van der Waals surface area contributed by atoms with Crippen molar-refractivity contribution in [2.24, 2.45) is 29.6 Å². The van der Waals surface area contributed by atoms with E-state index in [1.54, 1.807) is 19.3 Å². The highest BCUT2D eigenvalue weighted by Crippen LogP contribution is 2.53. The maximum atomic E-state index is 2.46. The van der Waals surface area contributed by atoms with Gasteiger partial charge < -0.3 is 0 Å². The average Bonchev–Trinajstić information content (AvgIpc) is 2.63. The van der Waals surface area contributed by atoms with Gasteiger partial charge in [0, 0.05) is 0 Å². The van der Waals surface area contributed by atoms with Crippen LogP contribution in [0.25, 0.3) is 0 Å². The summed E-state index contributed by atoms with van der Waals surface area (Å²) in [5, 5.41) is 0. The quantitative estimate of drug-likeness (QED) is 0.613. The molecule has 5 unspecified atom stereocenters. The Kier molecular flexibility index (Phi) is 2.67. The van der Waals surface area contributed by atoms with E-state index in [2.05, 4.69) is 20.8 Å². The van der Waals surface area contributed by atoms with Gasteiger partial charge in [-0.25, -0.2) is 0 Å². The minimum atomic E-state index is 0.972. The summed E-state index contributed by atoms with van der Waals surface area (Å²) in [7, 11) is 0. The van der Waals surface area contributed by atoms with Crippen molar-refractivity contribution in [1.82, 2.24) is 0 Å². The van der Waals surface area contributed by atoms with Crippen LogP contribution in [0.3, 0.4) is 0 Å². The molecule has 2 saturated carbocycles. The standard InChI is InChI=1S/C13H24/c1-4-9(2)5-12-7-11-8-13(12)6-10(11)3/h9-13H,4-8H2,1-3H3. The molecule has 0 nitrogen and oxygen atoms in total. The maximum Gasteiger partial charge on any atom is -0.0380 e. The molecule has 2 aliphatic carbocycles. The third-order valence-electron chi connectivity index (χ3n) is 4.76. The van der Waals surface area contributed by atoms with Crippen LogP contribution < -0.4 is 0 Å². The number of hydrogen-bond acceptors (Lipinski definition) is 0. The lowest BCUT2D eigenvalue weighted by Gasteiger charge is -2.27. The topological polar surface area (TPSA) is 0 Å². The Hall–Kier alpha value is 0. The van der Waals surface area contributed by atoms with Gasteiger partial charge >= 0.3 is 0 Å². The first kappa shape index (κ1) is 9.55.